The number of alkyl halides is 6. The van der Waals surface area contributed by atoms with E-state index in [1.807, 2.05) is 0 Å². The van der Waals surface area contributed by atoms with E-state index in [1.54, 1.807) is 6.07 Å². The van der Waals surface area contributed by atoms with E-state index in [2.05, 4.69) is 4.74 Å². The lowest BCUT2D eigenvalue weighted by molar-refractivity contribution is -0.308. The number of halogens is 7. The molecule has 2 aromatic rings. The Bertz CT molecular complexity index is 992. The number of esters is 1. The molecular formula is C21H17ClF6O5. The number of carbonyl (C=O) groups is 1. The molecule has 1 unspecified atom stereocenters. The molecule has 0 aromatic heterocycles. The fourth-order valence-corrected chi connectivity index (χ4v) is 3.32. The summed E-state index contributed by atoms with van der Waals surface area (Å²) in [6.07, 6.45) is -11.6. The topological polar surface area (TPSA) is 54.0 Å². The van der Waals surface area contributed by atoms with Gasteiger partial charge >= 0.3 is 18.5 Å². The lowest BCUT2D eigenvalue weighted by atomic mass is 10.1. The van der Waals surface area contributed by atoms with Crippen LogP contribution in [0.1, 0.15) is 17.5 Å². The van der Waals surface area contributed by atoms with Gasteiger partial charge in [-0.1, -0.05) is 17.7 Å². The molecule has 33 heavy (non-hydrogen) atoms. The Hall–Kier alpha value is -2.82. The standard InChI is InChI=1S/C21H17ClF6O5/c22-15-8-12(11-20(23,24)25)2-4-17(15)31-7-1-6-30-14-3-5-16-13(9-14)10-18(32-16)19(29)33-21(26,27)28/h2-5,8-9,18H,1,6-7,10-11H2. The van der Waals surface area contributed by atoms with E-state index in [4.69, 9.17) is 25.8 Å². The number of hydrogen-bond donors (Lipinski definition) is 0. The summed E-state index contributed by atoms with van der Waals surface area (Å²) in [7, 11) is 0. The first-order valence-corrected chi connectivity index (χ1v) is 9.97. The van der Waals surface area contributed by atoms with Crippen LogP contribution in [0.25, 0.3) is 0 Å². The molecule has 2 aromatic carbocycles. The maximum absolute atomic E-state index is 12.4. The number of rotatable bonds is 8. The highest BCUT2D eigenvalue weighted by Gasteiger charge is 2.40. The summed E-state index contributed by atoms with van der Waals surface area (Å²) in [5.41, 5.74) is 0.524. The van der Waals surface area contributed by atoms with E-state index in [0.29, 0.717) is 17.7 Å². The van der Waals surface area contributed by atoms with Crippen LogP contribution in [0.15, 0.2) is 36.4 Å². The van der Waals surface area contributed by atoms with Crippen LogP contribution in [0, 0.1) is 0 Å². The average molecular weight is 499 g/mol. The van der Waals surface area contributed by atoms with Gasteiger partial charge in [0.2, 0.25) is 0 Å². The van der Waals surface area contributed by atoms with Crippen LogP contribution in [0.5, 0.6) is 17.2 Å². The number of ether oxygens (including phenoxy) is 4. The quantitative estimate of drug-likeness (QED) is 0.267. The van der Waals surface area contributed by atoms with E-state index in [9.17, 15) is 31.1 Å². The third-order valence-electron chi connectivity index (χ3n) is 4.40. The predicted molar refractivity (Wildman–Crippen MR) is 104 cm³/mol. The largest absolute Gasteiger partial charge is 0.575 e. The van der Waals surface area contributed by atoms with Crippen molar-refractivity contribution in [3.63, 3.8) is 0 Å². The summed E-state index contributed by atoms with van der Waals surface area (Å²) >= 11 is 5.96. The Morgan fingerprint density at radius 3 is 2.42 bits per heavy atom. The van der Waals surface area contributed by atoms with E-state index >= 15 is 0 Å². The molecule has 0 radical (unpaired) electrons. The van der Waals surface area contributed by atoms with Gasteiger partial charge in [-0.25, -0.2) is 4.79 Å². The molecule has 0 saturated heterocycles. The van der Waals surface area contributed by atoms with Crippen molar-refractivity contribution in [2.24, 2.45) is 0 Å². The fraction of sp³-hybridized carbons (Fsp3) is 0.381. The Kier molecular flexibility index (Phi) is 7.51. The molecule has 0 fully saturated rings. The third kappa shape index (κ3) is 7.62. The number of hydrogen-bond acceptors (Lipinski definition) is 5. The molecule has 0 spiro atoms. The van der Waals surface area contributed by atoms with Gasteiger partial charge in [-0.2, -0.15) is 13.2 Å². The molecule has 0 N–H and O–H groups in total. The van der Waals surface area contributed by atoms with Gasteiger partial charge in [-0.15, -0.1) is 13.2 Å². The highest BCUT2D eigenvalue weighted by molar-refractivity contribution is 6.32. The van der Waals surface area contributed by atoms with Crippen LogP contribution in [-0.4, -0.2) is 37.8 Å². The van der Waals surface area contributed by atoms with E-state index in [-0.39, 0.29) is 41.7 Å². The monoisotopic (exact) mass is 498 g/mol. The van der Waals surface area contributed by atoms with Crippen LogP contribution in [-0.2, 0) is 22.4 Å². The van der Waals surface area contributed by atoms with Crippen molar-refractivity contribution in [2.45, 2.75) is 37.9 Å². The van der Waals surface area contributed by atoms with Crippen molar-refractivity contribution in [3.8, 4) is 17.2 Å². The Morgan fingerprint density at radius 1 is 1.03 bits per heavy atom. The molecule has 3 rings (SSSR count). The predicted octanol–water partition coefficient (Wildman–Crippen LogP) is 5.66. The second-order valence-corrected chi connectivity index (χ2v) is 7.46. The second-order valence-electron chi connectivity index (χ2n) is 7.05. The van der Waals surface area contributed by atoms with Crippen LogP contribution in [0.3, 0.4) is 0 Å². The van der Waals surface area contributed by atoms with Gasteiger partial charge in [0.15, 0.2) is 6.10 Å². The number of carbonyl (C=O) groups excluding carboxylic acids is 1. The van der Waals surface area contributed by atoms with Crippen molar-refractivity contribution < 1.29 is 50.1 Å². The SMILES string of the molecule is O=C(OC(F)(F)F)C1Cc2cc(OCCCOc3ccc(CC(F)(F)F)cc3Cl)ccc2O1. The maximum atomic E-state index is 12.4. The highest BCUT2D eigenvalue weighted by atomic mass is 35.5. The zero-order valence-electron chi connectivity index (χ0n) is 16.8. The first-order chi connectivity index (χ1) is 15.4. The average Bonchev–Trinajstić information content (AvgIpc) is 3.10. The van der Waals surface area contributed by atoms with Crippen molar-refractivity contribution in [2.75, 3.05) is 13.2 Å². The second kappa shape index (κ2) is 9.98. The number of fused-ring (bicyclic) bond motifs is 1. The zero-order valence-corrected chi connectivity index (χ0v) is 17.5. The summed E-state index contributed by atoms with van der Waals surface area (Å²) in [5, 5.41) is 0.0647. The molecule has 1 atom stereocenters. The lowest BCUT2D eigenvalue weighted by Crippen LogP contribution is -2.32. The van der Waals surface area contributed by atoms with E-state index < -0.39 is 31.0 Å². The minimum Gasteiger partial charge on any atom is -0.493 e. The molecule has 0 amide bonds. The Balaban J connectivity index is 1.43. The van der Waals surface area contributed by atoms with Gasteiger partial charge in [-0.3, -0.25) is 0 Å². The minimum absolute atomic E-state index is 0.0256. The summed E-state index contributed by atoms with van der Waals surface area (Å²) in [6.45, 7) is 0.390. The molecule has 5 nitrogen and oxygen atoms in total. The van der Waals surface area contributed by atoms with Crippen molar-refractivity contribution in [1.29, 1.82) is 0 Å². The first kappa shape index (κ1) is 24.8. The highest BCUT2D eigenvalue weighted by Crippen LogP contribution is 2.33. The van der Waals surface area contributed by atoms with Crippen molar-refractivity contribution in [1.82, 2.24) is 0 Å². The molecule has 0 bridgehead atoms. The molecule has 0 saturated carbocycles. The summed E-state index contributed by atoms with van der Waals surface area (Å²) in [5.74, 6) is -0.604. The lowest BCUT2D eigenvalue weighted by Gasteiger charge is -2.12. The van der Waals surface area contributed by atoms with Crippen molar-refractivity contribution in [3.05, 3.63) is 52.5 Å². The van der Waals surface area contributed by atoms with Gasteiger partial charge < -0.3 is 18.9 Å². The molecule has 0 aliphatic carbocycles. The molecular weight excluding hydrogens is 482 g/mol. The van der Waals surface area contributed by atoms with Crippen LogP contribution >= 0.6 is 11.6 Å². The van der Waals surface area contributed by atoms with Crippen LogP contribution in [0.4, 0.5) is 26.3 Å². The van der Waals surface area contributed by atoms with Crippen LogP contribution < -0.4 is 14.2 Å². The molecule has 1 aliphatic heterocycles. The Morgan fingerprint density at radius 2 is 1.76 bits per heavy atom. The Labute approximate surface area is 189 Å². The molecule has 1 aliphatic rings. The normalized spacial score (nSPS) is 15.5. The zero-order chi connectivity index (χ0) is 24.2. The summed E-state index contributed by atoms with van der Waals surface area (Å²) < 4.78 is 93.4. The molecule has 1 heterocycles. The van der Waals surface area contributed by atoms with Crippen LogP contribution in [0.2, 0.25) is 5.02 Å². The van der Waals surface area contributed by atoms with Gasteiger partial charge in [-0.05, 0) is 35.9 Å². The van der Waals surface area contributed by atoms with E-state index in [1.165, 1.54) is 30.3 Å². The molecule has 12 heteroatoms. The van der Waals surface area contributed by atoms with E-state index in [0.717, 1.165) is 0 Å². The first-order valence-electron chi connectivity index (χ1n) is 9.59. The summed E-state index contributed by atoms with van der Waals surface area (Å²) in [6, 6.07) is 8.41. The molecule has 180 valence electrons. The van der Waals surface area contributed by atoms with Gasteiger partial charge in [0, 0.05) is 18.4 Å². The minimum atomic E-state index is -5.08. The van der Waals surface area contributed by atoms with Crippen molar-refractivity contribution >= 4 is 17.6 Å². The summed E-state index contributed by atoms with van der Waals surface area (Å²) in [4.78, 5) is 11.5. The van der Waals surface area contributed by atoms with Gasteiger partial charge in [0.1, 0.15) is 17.2 Å². The maximum Gasteiger partial charge on any atom is 0.575 e. The van der Waals surface area contributed by atoms with Gasteiger partial charge in [0.25, 0.3) is 0 Å². The fourth-order valence-electron chi connectivity index (χ4n) is 3.06. The van der Waals surface area contributed by atoms with Gasteiger partial charge in [0.05, 0.1) is 24.7 Å². The number of benzene rings is 2. The smallest absolute Gasteiger partial charge is 0.493 e. The third-order valence-corrected chi connectivity index (χ3v) is 4.70.